The van der Waals surface area contributed by atoms with E-state index >= 15 is 0 Å². The van der Waals surface area contributed by atoms with Crippen molar-refractivity contribution < 1.29 is 8.42 Å². The van der Waals surface area contributed by atoms with Crippen LogP contribution in [0.5, 0.6) is 0 Å². The predicted octanol–water partition coefficient (Wildman–Crippen LogP) is 4.00. The van der Waals surface area contributed by atoms with Gasteiger partial charge in [0.1, 0.15) is 5.01 Å². The fraction of sp³-hybridized carbons (Fsp3) is 0. The van der Waals surface area contributed by atoms with Crippen LogP contribution in [0.25, 0.3) is 21.5 Å². The van der Waals surface area contributed by atoms with Gasteiger partial charge in [0.15, 0.2) is 0 Å². The summed E-state index contributed by atoms with van der Waals surface area (Å²) in [4.78, 5) is 4.57. The molecule has 0 aliphatic carbocycles. The largest absolute Gasteiger partial charge is 0.268 e. The zero-order valence-electron chi connectivity index (χ0n) is 12.0. The average molecular weight is 340 g/mol. The molecule has 0 atom stereocenters. The molecule has 2 aromatic carbocycles. The van der Waals surface area contributed by atoms with Crippen LogP contribution in [0, 0.1) is 0 Å². The number of hydrogen-bond acceptors (Lipinski definition) is 4. The summed E-state index contributed by atoms with van der Waals surface area (Å²) in [6.45, 7) is 0. The van der Waals surface area contributed by atoms with Gasteiger partial charge in [-0.1, -0.05) is 18.2 Å². The highest BCUT2D eigenvalue weighted by molar-refractivity contribution is 7.90. The summed E-state index contributed by atoms with van der Waals surface area (Å²) in [6, 6.07) is 15.9. The van der Waals surface area contributed by atoms with Crippen LogP contribution >= 0.6 is 11.3 Å². The molecule has 4 nitrogen and oxygen atoms in total. The van der Waals surface area contributed by atoms with E-state index in [1.165, 1.54) is 3.97 Å². The highest BCUT2D eigenvalue weighted by Gasteiger charge is 2.18. The minimum absolute atomic E-state index is 0.279. The van der Waals surface area contributed by atoms with Crippen molar-refractivity contribution in [2.45, 2.75) is 4.90 Å². The molecule has 0 unspecified atom stereocenters. The normalized spacial score (nSPS) is 11.8. The lowest BCUT2D eigenvalue weighted by Crippen LogP contribution is -2.11. The lowest BCUT2D eigenvalue weighted by molar-refractivity contribution is 0.589. The van der Waals surface area contributed by atoms with Gasteiger partial charge in [0.25, 0.3) is 10.0 Å². The molecule has 0 aliphatic heterocycles. The Morgan fingerprint density at radius 1 is 1.00 bits per heavy atom. The van der Waals surface area contributed by atoms with Crippen molar-refractivity contribution in [3.63, 3.8) is 0 Å². The van der Waals surface area contributed by atoms with E-state index in [2.05, 4.69) is 4.98 Å². The SMILES string of the molecule is O=S(=O)(c1ccccc1)n1ccc2cc(-c3nccs3)ccc21. The number of rotatable bonds is 3. The molecule has 0 aliphatic rings. The monoisotopic (exact) mass is 340 g/mol. The molecule has 0 radical (unpaired) electrons. The Labute approximate surface area is 137 Å². The molecule has 0 spiro atoms. The summed E-state index contributed by atoms with van der Waals surface area (Å²) in [5.41, 5.74) is 1.65. The van der Waals surface area contributed by atoms with Crippen molar-refractivity contribution in [2.75, 3.05) is 0 Å². The maximum Gasteiger partial charge on any atom is 0.268 e. The van der Waals surface area contributed by atoms with Crippen molar-refractivity contribution in [3.8, 4) is 10.6 Å². The minimum atomic E-state index is -3.59. The third-order valence-electron chi connectivity index (χ3n) is 3.63. The quantitative estimate of drug-likeness (QED) is 0.566. The van der Waals surface area contributed by atoms with Gasteiger partial charge in [0.05, 0.1) is 10.4 Å². The van der Waals surface area contributed by atoms with Gasteiger partial charge >= 0.3 is 0 Å². The average Bonchev–Trinajstić information content (AvgIpc) is 3.25. The van der Waals surface area contributed by atoms with E-state index in [-0.39, 0.29) is 4.90 Å². The molecule has 6 heteroatoms. The molecule has 2 heterocycles. The van der Waals surface area contributed by atoms with E-state index in [9.17, 15) is 8.42 Å². The van der Waals surface area contributed by atoms with Gasteiger partial charge < -0.3 is 0 Å². The molecule has 0 amide bonds. The van der Waals surface area contributed by atoms with E-state index in [4.69, 9.17) is 0 Å². The number of thiazole rings is 1. The maximum absolute atomic E-state index is 12.8. The molecule has 4 aromatic rings. The highest BCUT2D eigenvalue weighted by atomic mass is 32.2. The van der Waals surface area contributed by atoms with E-state index in [0.717, 1.165) is 16.0 Å². The van der Waals surface area contributed by atoms with Gasteiger partial charge in [0, 0.05) is 28.7 Å². The van der Waals surface area contributed by atoms with Crippen LogP contribution < -0.4 is 0 Å². The summed E-state index contributed by atoms with van der Waals surface area (Å²) >= 11 is 1.56. The van der Waals surface area contributed by atoms with E-state index < -0.39 is 10.0 Å². The van der Waals surface area contributed by atoms with Crippen LogP contribution in [0.2, 0.25) is 0 Å². The molecule has 0 saturated heterocycles. The first-order chi connectivity index (χ1) is 11.2. The van der Waals surface area contributed by atoms with Gasteiger partial charge in [0.2, 0.25) is 0 Å². The molecular weight excluding hydrogens is 328 g/mol. The third-order valence-corrected chi connectivity index (χ3v) is 6.16. The second kappa shape index (κ2) is 5.33. The van der Waals surface area contributed by atoms with Gasteiger partial charge in [-0.2, -0.15) is 0 Å². The lowest BCUT2D eigenvalue weighted by Gasteiger charge is -2.07. The molecule has 2 aromatic heterocycles. The summed E-state index contributed by atoms with van der Waals surface area (Å²) < 4.78 is 26.9. The Morgan fingerprint density at radius 3 is 2.57 bits per heavy atom. The first-order valence-corrected chi connectivity index (χ1v) is 9.30. The topological polar surface area (TPSA) is 52.0 Å². The zero-order chi connectivity index (χ0) is 15.9. The Kier molecular flexibility index (Phi) is 3.28. The number of aromatic nitrogens is 2. The van der Waals surface area contributed by atoms with Crippen LogP contribution in [0.4, 0.5) is 0 Å². The maximum atomic E-state index is 12.8. The Balaban J connectivity index is 1.87. The van der Waals surface area contributed by atoms with Crippen molar-refractivity contribution in [3.05, 3.63) is 72.4 Å². The molecule has 4 rings (SSSR count). The van der Waals surface area contributed by atoms with Crippen molar-refractivity contribution in [1.82, 2.24) is 8.96 Å². The van der Waals surface area contributed by atoms with Crippen LogP contribution in [0.15, 0.2) is 77.3 Å². The lowest BCUT2D eigenvalue weighted by atomic mass is 10.2. The standard InChI is InChI=1S/C17H12N2O2S2/c20-23(21,15-4-2-1-3-5-15)19-10-8-13-12-14(6-7-16(13)19)17-18-9-11-22-17/h1-12H. The van der Waals surface area contributed by atoms with Crippen LogP contribution in [-0.2, 0) is 10.0 Å². The van der Waals surface area contributed by atoms with Crippen LogP contribution in [0.3, 0.4) is 0 Å². The van der Waals surface area contributed by atoms with E-state index in [1.54, 1.807) is 54.1 Å². The predicted molar refractivity (Wildman–Crippen MR) is 92.1 cm³/mol. The first-order valence-electron chi connectivity index (χ1n) is 6.98. The van der Waals surface area contributed by atoms with Gasteiger partial charge in [-0.25, -0.2) is 17.4 Å². The molecular formula is C17H12N2O2S2. The second-order valence-corrected chi connectivity index (χ2v) is 7.75. The van der Waals surface area contributed by atoms with Crippen LogP contribution in [0.1, 0.15) is 0 Å². The number of hydrogen-bond donors (Lipinski definition) is 0. The van der Waals surface area contributed by atoms with Gasteiger partial charge in [-0.05, 0) is 36.4 Å². The second-order valence-electron chi connectivity index (χ2n) is 5.04. The smallest absolute Gasteiger partial charge is 0.245 e. The summed E-state index contributed by atoms with van der Waals surface area (Å²) in [6.07, 6.45) is 3.36. The molecule has 114 valence electrons. The summed E-state index contributed by atoms with van der Waals surface area (Å²) in [5.74, 6) is 0. The zero-order valence-corrected chi connectivity index (χ0v) is 13.6. The Bertz CT molecular complexity index is 1070. The number of fused-ring (bicyclic) bond motifs is 1. The van der Waals surface area contributed by atoms with Crippen LogP contribution in [-0.4, -0.2) is 17.4 Å². The Morgan fingerprint density at radius 2 is 1.83 bits per heavy atom. The molecule has 0 fully saturated rings. The van der Waals surface area contributed by atoms with E-state index in [1.807, 2.05) is 29.6 Å². The minimum Gasteiger partial charge on any atom is -0.245 e. The molecule has 0 bridgehead atoms. The van der Waals surface area contributed by atoms with Crippen molar-refractivity contribution >= 4 is 32.3 Å². The van der Waals surface area contributed by atoms with Crippen molar-refractivity contribution in [2.24, 2.45) is 0 Å². The van der Waals surface area contributed by atoms with Gasteiger partial charge in [-0.3, -0.25) is 0 Å². The van der Waals surface area contributed by atoms with Crippen molar-refractivity contribution in [1.29, 1.82) is 0 Å². The molecule has 0 saturated carbocycles. The summed E-state index contributed by atoms with van der Waals surface area (Å²) in [7, 11) is -3.59. The molecule has 23 heavy (non-hydrogen) atoms. The molecule has 0 N–H and O–H groups in total. The number of nitrogens with zero attached hydrogens (tertiary/aromatic N) is 2. The summed E-state index contributed by atoms with van der Waals surface area (Å²) in [5, 5.41) is 3.72. The Hall–Kier alpha value is -2.44. The highest BCUT2D eigenvalue weighted by Crippen LogP contribution is 2.28. The van der Waals surface area contributed by atoms with Gasteiger partial charge in [-0.15, -0.1) is 11.3 Å². The fourth-order valence-corrected chi connectivity index (χ4v) is 4.54. The van der Waals surface area contributed by atoms with E-state index in [0.29, 0.717) is 5.52 Å². The first kappa shape index (κ1) is 14.2. The number of benzene rings is 2. The fourth-order valence-electron chi connectivity index (χ4n) is 2.53. The third kappa shape index (κ3) is 2.36.